The van der Waals surface area contributed by atoms with Crippen molar-refractivity contribution in [2.45, 2.75) is 65.5 Å². The van der Waals surface area contributed by atoms with Gasteiger partial charge in [-0.1, -0.05) is 40.5 Å². The highest BCUT2D eigenvalue weighted by atomic mass is 16.3. The van der Waals surface area contributed by atoms with Gasteiger partial charge in [-0.3, -0.25) is 0 Å². The predicted octanol–water partition coefficient (Wildman–Crippen LogP) is 2.56. The maximum atomic E-state index is 9.76. The smallest absolute Gasteiger partial charge is 0.0687 e. The van der Waals surface area contributed by atoms with Crippen LogP contribution in [0.1, 0.15) is 53.4 Å². The van der Waals surface area contributed by atoms with Gasteiger partial charge in [0.2, 0.25) is 0 Å². The summed E-state index contributed by atoms with van der Waals surface area (Å²) in [5.74, 6) is 0.351. The molecule has 0 aromatic carbocycles. The Morgan fingerprint density at radius 1 is 1.33 bits per heavy atom. The minimum absolute atomic E-state index is 0.206. The number of nitrogens with one attached hydrogen (secondary N) is 1. The maximum absolute atomic E-state index is 9.76. The van der Waals surface area contributed by atoms with E-state index in [2.05, 4.69) is 33.0 Å². The standard InChI is InChI=1S/C13H27NO/c1-10(2)11(15)9-14-12-7-5-6-8-13(12,3)4/h10-12,14-15H,5-9H2,1-4H3. The summed E-state index contributed by atoms with van der Waals surface area (Å²) in [6.45, 7) is 9.56. The SMILES string of the molecule is CC(C)C(O)CNC1CCCCC1(C)C. The summed E-state index contributed by atoms with van der Waals surface area (Å²) in [6.07, 6.45) is 5.06. The molecule has 0 bridgehead atoms. The summed E-state index contributed by atoms with van der Waals surface area (Å²) in [5.41, 5.74) is 0.398. The fourth-order valence-corrected chi connectivity index (χ4v) is 2.37. The molecule has 2 atom stereocenters. The van der Waals surface area contributed by atoms with Crippen LogP contribution in [0.15, 0.2) is 0 Å². The van der Waals surface area contributed by atoms with Gasteiger partial charge in [-0.05, 0) is 24.2 Å². The molecule has 2 unspecified atom stereocenters. The van der Waals surface area contributed by atoms with E-state index in [1.54, 1.807) is 0 Å². The third-order valence-electron chi connectivity index (χ3n) is 3.85. The lowest BCUT2D eigenvalue weighted by atomic mass is 9.73. The second-order valence-corrected chi connectivity index (χ2v) is 6.01. The first kappa shape index (κ1) is 13.0. The second kappa shape index (κ2) is 5.31. The van der Waals surface area contributed by atoms with Crippen molar-refractivity contribution in [1.82, 2.24) is 5.32 Å². The average Bonchev–Trinajstić information content (AvgIpc) is 2.14. The van der Waals surface area contributed by atoms with Crippen LogP contribution in [0, 0.1) is 11.3 Å². The van der Waals surface area contributed by atoms with Gasteiger partial charge >= 0.3 is 0 Å². The van der Waals surface area contributed by atoms with Crippen LogP contribution in [-0.2, 0) is 0 Å². The van der Waals surface area contributed by atoms with Crippen LogP contribution in [0.4, 0.5) is 0 Å². The molecule has 2 heteroatoms. The normalized spacial score (nSPS) is 28.0. The summed E-state index contributed by atoms with van der Waals surface area (Å²) >= 11 is 0. The lowest BCUT2D eigenvalue weighted by molar-refractivity contribution is 0.0978. The van der Waals surface area contributed by atoms with Gasteiger partial charge in [0.25, 0.3) is 0 Å². The van der Waals surface area contributed by atoms with Crippen molar-refractivity contribution < 1.29 is 5.11 Å². The van der Waals surface area contributed by atoms with Gasteiger partial charge in [-0.2, -0.15) is 0 Å². The monoisotopic (exact) mass is 213 g/mol. The molecule has 1 rings (SSSR count). The van der Waals surface area contributed by atoms with Crippen LogP contribution >= 0.6 is 0 Å². The molecule has 1 fully saturated rings. The molecule has 90 valence electrons. The van der Waals surface area contributed by atoms with E-state index >= 15 is 0 Å². The Morgan fingerprint density at radius 3 is 2.53 bits per heavy atom. The Morgan fingerprint density at radius 2 is 2.00 bits per heavy atom. The number of rotatable bonds is 4. The molecule has 0 aromatic heterocycles. The van der Waals surface area contributed by atoms with Crippen LogP contribution in [0.5, 0.6) is 0 Å². The van der Waals surface area contributed by atoms with Gasteiger partial charge in [-0.25, -0.2) is 0 Å². The zero-order valence-electron chi connectivity index (χ0n) is 10.7. The fraction of sp³-hybridized carbons (Fsp3) is 1.00. The first-order chi connectivity index (χ1) is 6.93. The number of aliphatic hydroxyl groups is 1. The summed E-state index contributed by atoms with van der Waals surface area (Å²) < 4.78 is 0. The second-order valence-electron chi connectivity index (χ2n) is 6.01. The molecule has 1 aliphatic carbocycles. The van der Waals surface area contributed by atoms with Gasteiger partial charge < -0.3 is 10.4 Å². The zero-order valence-corrected chi connectivity index (χ0v) is 10.7. The van der Waals surface area contributed by atoms with Gasteiger partial charge in [-0.15, -0.1) is 0 Å². The lowest BCUT2D eigenvalue weighted by Gasteiger charge is -2.39. The van der Waals surface area contributed by atoms with E-state index in [4.69, 9.17) is 0 Å². The third-order valence-corrected chi connectivity index (χ3v) is 3.85. The molecule has 0 amide bonds. The Bertz CT molecular complexity index is 189. The third kappa shape index (κ3) is 3.76. The van der Waals surface area contributed by atoms with Crippen LogP contribution < -0.4 is 5.32 Å². The molecule has 0 radical (unpaired) electrons. The maximum Gasteiger partial charge on any atom is 0.0687 e. The molecule has 0 heterocycles. The molecule has 2 nitrogen and oxygen atoms in total. The van der Waals surface area contributed by atoms with Gasteiger partial charge in [0, 0.05) is 12.6 Å². The van der Waals surface area contributed by atoms with Crippen molar-refractivity contribution in [3.05, 3.63) is 0 Å². The summed E-state index contributed by atoms with van der Waals surface area (Å²) in [5, 5.41) is 13.3. The highest BCUT2D eigenvalue weighted by Crippen LogP contribution is 2.35. The zero-order chi connectivity index (χ0) is 11.5. The molecular formula is C13H27NO. The summed E-state index contributed by atoms with van der Waals surface area (Å²) in [6, 6.07) is 0.583. The van der Waals surface area contributed by atoms with Crippen molar-refractivity contribution >= 4 is 0 Å². The molecule has 1 aliphatic rings. The van der Waals surface area contributed by atoms with E-state index in [1.807, 2.05) is 0 Å². The fourth-order valence-electron chi connectivity index (χ4n) is 2.37. The quantitative estimate of drug-likeness (QED) is 0.752. The van der Waals surface area contributed by atoms with Crippen molar-refractivity contribution in [3.8, 4) is 0 Å². The van der Waals surface area contributed by atoms with Crippen molar-refractivity contribution in [2.24, 2.45) is 11.3 Å². The van der Waals surface area contributed by atoms with E-state index < -0.39 is 0 Å². The highest BCUT2D eigenvalue weighted by molar-refractivity contribution is 4.88. The molecular weight excluding hydrogens is 186 g/mol. The average molecular weight is 213 g/mol. The van der Waals surface area contributed by atoms with Crippen molar-refractivity contribution in [3.63, 3.8) is 0 Å². The topological polar surface area (TPSA) is 32.3 Å². The first-order valence-electron chi connectivity index (χ1n) is 6.35. The van der Waals surface area contributed by atoms with Crippen LogP contribution in [0.3, 0.4) is 0 Å². The molecule has 1 saturated carbocycles. The molecule has 0 aromatic rings. The Balaban J connectivity index is 2.36. The Labute approximate surface area is 94.5 Å². The van der Waals surface area contributed by atoms with Crippen LogP contribution in [0.25, 0.3) is 0 Å². The molecule has 15 heavy (non-hydrogen) atoms. The predicted molar refractivity (Wildman–Crippen MR) is 64.9 cm³/mol. The van der Waals surface area contributed by atoms with E-state index in [1.165, 1.54) is 25.7 Å². The lowest BCUT2D eigenvalue weighted by Crippen LogP contribution is -2.47. The van der Waals surface area contributed by atoms with E-state index in [0.29, 0.717) is 17.4 Å². The van der Waals surface area contributed by atoms with Crippen LogP contribution in [-0.4, -0.2) is 23.8 Å². The minimum Gasteiger partial charge on any atom is -0.392 e. The van der Waals surface area contributed by atoms with Gasteiger partial charge in [0.05, 0.1) is 6.10 Å². The largest absolute Gasteiger partial charge is 0.392 e. The Kier molecular flexibility index (Phi) is 4.60. The number of hydrogen-bond acceptors (Lipinski definition) is 2. The van der Waals surface area contributed by atoms with Gasteiger partial charge in [0.1, 0.15) is 0 Å². The van der Waals surface area contributed by atoms with Gasteiger partial charge in [0.15, 0.2) is 0 Å². The molecule has 0 spiro atoms. The Hall–Kier alpha value is -0.0800. The first-order valence-corrected chi connectivity index (χ1v) is 6.35. The molecule has 0 aliphatic heterocycles. The summed E-state index contributed by atoms with van der Waals surface area (Å²) in [4.78, 5) is 0. The van der Waals surface area contributed by atoms with Crippen LogP contribution in [0.2, 0.25) is 0 Å². The molecule has 2 N–H and O–H groups in total. The highest BCUT2D eigenvalue weighted by Gasteiger charge is 2.31. The van der Waals surface area contributed by atoms with E-state index in [9.17, 15) is 5.11 Å². The van der Waals surface area contributed by atoms with E-state index in [0.717, 1.165) is 6.54 Å². The number of hydrogen-bond donors (Lipinski definition) is 2. The van der Waals surface area contributed by atoms with Crippen molar-refractivity contribution in [1.29, 1.82) is 0 Å². The number of aliphatic hydroxyl groups excluding tert-OH is 1. The van der Waals surface area contributed by atoms with Crippen molar-refractivity contribution in [2.75, 3.05) is 6.54 Å². The molecule has 0 saturated heterocycles. The minimum atomic E-state index is -0.206. The van der Waals surface area contributed by atoms with E-state index in [-0.39, 0.29) is 6.10 Å². The summed E-state index contributed by atoms with van der Waals surface area (Å²) in [7, 11) is 0.